The van der Waals surface area contributed by atoms with Crippen LogP contribution in [0.3, 0.4) is 0 Å². The van der Waals surface area contributed by atoms with Crippen molar-refractivity contribution in [3.05, 3.63) is 56.4 Å². The van der Waals surface area contributed by atoms with Gasteiger partial charge in [0.05, 0.1) is 16.1 Å². The molecule has 0 N–H and O–H groups in total. The number of hydrogen-bond acceptors (Lipinski definition) is 6. The van der Waals surface area contributed by atoms with E-state index >= 15 is 0 Å². The topological polar surface area (TPSA) is 74.1 Å². The molecular weight excluding hydrogens is 338 g/mol. The van der Waals surface area contributed by atoms with E-state index in [0.29, 0.717) is 23.0 Å². The largest absolute Gasteiger partial charge is 0.454 e. The second-order valence-corrected chi connectivity index (χ2v) is 7.27. The number of ether oxygens (including phenoxy) is 1. The van der Waals surface area contributed by atoms with Crippen LogP contribution in [0, 0.1) is 12.8 Å². The van der Waals surface area contributed by atoms with E-state index in [1.165, 1.54) is 16.0 Å². The average molecular weight is 357 g/mol. The van der Waals surface area contributed by atoms with E-state index in [1.807, 2.05) is 26.2 Å². The lowest BCUT2D eigenvalue weighted by molar-refractivity contribution is 0.0460. The normalized spacial score (nSPS) is 11.2. The van der Waals surface area contributed by atoms with Gasteiger partial charge in [-0.1, -0.05) is 32.0 Å². The Hall–Kier alpha value is -2.54. The molecule has 0 amide bonds. The van der Waals surface area contributed by atoms with Gasteiger partial charge in [0, 0.05) is 17.3 Å². The number of aryl methyl sites for hydroxylation is 1. The summed E-state index contributed by atoms with van der Waals surface area (Å²) in [6.07, 6.45) is 0. The minimum absolute atomic E-state index is 0.0858. The number of aromatic nitrogens is 3. The molecule has 1 aromatic carbocycles. The number of thiazole rings is 1. The Bertz CT molecular complexity index is 975. The van der Waals surface area contributed by atoms with E-state index in [0.717, 1.165) is 5.01 Å². The summed E-state index contributed by atoms with van der Waals surface area (Å²) in [6.45, 7) is 6.41. The number of esters is 1. The highest BCUT2D eigenvalue weighted by molar-refractivity contribution is 7.09. The van der Waals surface area contributed by atoms with Crippen molar-refractivity contribution in [2.75, 3.05) is 0 Å². The fourth-order valence-corrected chi connectivity index (χ4v) is 3.14. The molecule has 0 saturated carbocycles. The van der Waals surface area contributed by atoms with Gasteiger partial charge in [-0.3, -0.25) is 4.79 Å². The highest BCUT2D eigenvalue weighted by atomic mass is 32.1. The molecule has 0 spiro atoms. The molecule has 0 atom stereocenters. The molecular formula is C18H19N3O3S. The van der Waals surface area contributed by atoms with Crippen molar-refractivity contribution in [1.82, 2.24) is 14.8 Å². The van der Waals surface area contributed by atoms with Gasteiger partial charge in [0.1, 0.15) is 6.61 Å². The van der Waals surface area contributed by atoms with Gasteiger partial charge >= 0.3 is 5.97 Å². The van der Waals surface area contributed by atoms with Crippen LogP contribution in [0.2, 0.25) is 0 Å². The van der Waals surface area contributed by atoms with E-state index in [4.69, 9.17) is 4.74 Å². The summed E-state index contributed by atoms with van der Waals surface area (Å²) in [5.74, 6) is -0.326. The van der Waals surface area contributed by atoms with E-state index < -0.39 is 5.97 Å². The molecule has 0 aliphatic heterocycles. The highest BCUT2D eigenvalue weighted by Crippen LogP contribution is 2.16. The Morgan fingerprint density at radius 3 is 2.64 bits per heavy atom. The van der Waals surface area contributed by atoms with E-state index in [-0.39, 0.29) is 23.8 Å². The van der Waals surface area contributed by atoms with Crippen LogP contribution in [-0.2, 0) is 17.9 Å². The lowest BCUT2D eigenvalue weighted by Gasteiger charge is -2.12. The Kier molecular flexibility index (Phi) is 4.94. The first-order chi connectivity index (χ1) is 12.0. The Morgan fingerprint density at radius 1 is 1.28 bits per heavy atom. The predicted molar refractivity (Wildman–Crippen MR) is 96.8 cm³/mol. The third kappa shape index (κ3) is 3.76. The van der Waals surface area contributed by atoms with Gasteiger partial charge < -0.3 is 4.74 Å². The maximum Gasteiger partial charge on any atom is 0.359 e. The van der Waals surface area contributed by atoms with Gasteiger partial charge in [-0.2, -0.15) is 5.10 Å². The van der Waals surface area contributed by atoms with Crippen LogP contribution in [0.4, 0.5) is 0 Å². The zero-order chi connectivity index (χ0) is 18.0. The molecule has 0 bridgehead atoms. The van der Waals surface area contributed by atoms with Gasteiger partial charge in [-0.05, 0) is 18.9 Å². The van der Waals surface area contributed by atoms with Crippen LogP contribution in [0.15, 0.2) is 34.4 Å². The summed E-state index contributed by atoms with van der Waals surface area (Å²) in [5, 5.41) is 8.02. The fraction of sp³-hybridized carbons (Fsp3) is 0.333. The average Bonchev–Trinajstić information content (AvgIpc) is 3.00. The second kappa shape index (κ2) is 7.14. The van der Waals surface area contributed by atoms with Crippen molar-refractivity contribution in [3.8, 4) is 0 Å². The first-order valence-corrected chi connectivity index (χ1v) is 8.91. The molecule has 0 aliphatic carbocycles. The van der Waals surface area contributed by atoms with Crippen LogP contribution in [0.5, 0.6) is 0 Å². The van der Waals surface area contributed by atoms with Crippen LogP contribution >= 0.6 is 11.3 Å². The number of nitrogens with zero attached hydrogens (tertiary/aromatic N) is 3. The first kappa shape index (κ1) is 17.3. The zero-order valence-corrected chi connectivity index (χ0v) is 15.2. The molecule has 25 heavy (non-hydrogen) atoms. The molecule has 0 aliphatic rings. The monoisotopic (exact) mass is 357 g/mol. The standard InChI is InChI=1S/C18H19N3O3S/c1-11(2)8-21-17(22)15-7-5-4-6-14(15)16(20-21)18(23)24-9-13-10-25-12(3)19-13/h4-7,10-11H,8-9H2,1-3H3. The number of fused-ring (bicyclic) bond motifs is 1. The molecule has 2 heterocycles. The molecule has 3 rings (SSSR count). The van der Waals surface area contributed by atoms with Crippen molar-refractivity contribution < 1.29 is 9.53 Å². The van der Waals surface area contributed by atoms with Crippen molar-refractivity contribution in [1.29, 1.82) is 0 Å². The van der Waals surface area contributed by atoms with Crippen LogP contribution in [0.25, 0.3) is 10.8 Å². The number of carbonyl (C=O) groups is 1. The molecule has 2 aromatic heterocycles. The van der Waals surface area contributed by atoms with Crippen molar-refractivity contribution in [3.63, 3.8) is 0 Å². The van der Waals surface area contributed by atoms with Crippen molar-refractivity contribution >= 4 is 28.1 Å². The lowest BCUT2D eigenvalue weighted by atomic mass is 10.1. The van der Waals surface area contributed by atoms with Crippen LogP contribution in [0.1, 0.15) is 35.0 Å². The summed E-state index contributed by atoms with van der Waals surface area (Å²) < 4.78 is 6.71. The molecule has 0 saturated heterocycles. The third-order valence-corrected chi connectivity index (χ3v) is 4.44. The quantitative estimate of drug-likeness (QED) is 0.656. The maximum atomic E-state index is 12.6. The molecule has 7 heteroatoms. The van der Waals surface area contributed by atoms with Gasteiger partial charge in [0.15, 0.2) is 5.69 Å². The Balaban J connectivity index is 1.97. The molecule has 3 aromatic rings. The maximum absolute atomic E-state index is 12.6. The molecule has 6 nitrogen and oxygen atoms in total. The minimum Gasteiger partial charge on any atom is -0.454 e. The van der Waals surface area contributed by atoms with Crippen molar-refractivity contribution in [2.45, 2.75) is 33.9 Å². The fourth-order valence-electron chi connectivity index (χ4n) is 2.54. The van der Waals surface area contributed by atoms with Crippen molar-refractivity contribution in [2.24, 2.45) is 5.92 Å². The first-order valence-electron chi connectivity index (χ1n) is 8.03. The van der Waals surface area contributed by atoms with Crippen LogP contribution in [-0.4, -0.2) is 20.7 Å². The number of rotatable bonds is 5. The highest BCUT2D eigenvalue weighted by Gasteiger charge is 2.18. The van der Waals surface area contributed by atoms with Gasteiger partial charge in [-0.15, -0.1) is 11.3 Å². The van der Waals surface area contributed by atoms with Crippen LogP contribution < -0.4 is 5.56 Å². The Morgan fingerprint density at radius 2 is 2.00 bits per heavy atom. The van der Waals surface area contributed by atoms with Gasteiger partial charge in [-0.25, -0.2) is 14.5 Å². The number of carbonyl (C=O) groups excluding carboxylic acids is 1. The summed E-state index contributed by atoms with van der Waals surface area (Å²) in [5.41, 5.74) is 0.662. The molecule has 0 unspecified atom stereocenters. The molecule has 130 valence electrons. The predicted octanol–water partition coefficient (Wildman–Crippen LogP) is 3.17. The van der Waals surface area contributed by atoms with Gasteiger partial charge in [0.2, 0.25) is 0 Å². The zero-order valence-electron chi connectivity index (χ0n) is 14.4. The molecule has 0 fully saturated rings. The van der Waals surface area contributed by atoms with E-state index in [1.54, 1.807) is 24.3 Å². The third-order valence-electron chi connectivity index (χ3n) is 3.62. The minimum atomic E-state index is -0.556. The molecule has 0 radical (unpaired) electrons. The second-order valence-electron chi connectivity index (χ2n) is 6.21. The number of benzene rings is 1. The summed E-state index contributed by atoms with van der Waals surface area (Å²) in [7, 11) is 0. The summed E-state index contributed by atoms with van der Waals surface area (Å²) in [4.78, 5) is 29.4. The lowest BCUT2D eigenvalue weighted by Crippen LogP contribution is -2.28. The van der Waals surface area contributed by atoms with E-state index in [2.05, 4.69) is 10.1 Å². The Labute approximate surface area is 149 Å². The number of hydrogen-bond donors (Lipinski definition) is 0. The summed E-state index contributed by atoms with van der Waals surface area (Å²) in [6, 6.07) is 6.97. The summed E-state index contributed by atoms with van der Waals surface area (Å²) >= 11 is 1.50. The smallest absolute Gasteiger partial charge is 0.359 e. The van der Waals surface area contributed by atoms with Gasteiger partial charge in [0.25, 0.3) is 5.56 Å². The SMILES string of the molecule is Cc1nc(COC(=O)c2nn(CC(C)C)c(=O)c3ccccc23)cs1. The van der Waals surface area contributed by atoms with E-state index in [9.17, 15) is 9.59 Å².